The monoisotopic (exact) mass is 400 g/mol. The van der Waals surface area contributed by atoms with Gasteiger partial charge in [-0.2, -0.15) is 0 Å². The van der Waals surface area contributed by atoms with E-state index in [0.29, 0.717) is 5.57 Å². The molecule has 0 bridgehead atoms. The fourth-order valence-corrected chi connectivity index (χ4v) is 2.85. The van der Waals surface area contributed by atoms with Gasteiger partial charge in [0.2, 0.25) is 0 Å². The Morgan fingerprint density at radius 2 is 1.79 bits per heavy atom. The van der Waals surface area contributed by atoms with E-state index in [1.54, 1.807) is 24.3 Å². The number of Topliss-reactive ketones (excluding diaryl/α,β-unsaturated/α-hetero) is 1. The summed E-state index contributed by atoms with van der Waals surface area (Å²) in [6, 6.07) is 2.65. The molecule has 29 heavy (non-hydrogen) atoms. The minimum Gasteiger partial charge on any atom is -0.508 e. The molecule has 0 aliphatic heterocycles. The molecule has 1 aliphatic rings. The lowest BCUT2D eigenvalue weighted by Gasteiger charge is -2.14. The van der Waals surface area contributed by atoms with E-state index in [0.717, 1.165) is 11.1 Å². The van der Waals surface area contributed by atoms with E-state index in [2.05, 4.69) is 0 Å². The highest BCUT2D eigenvalue weighted by Gasteiger charge is 2.24. The SMILES string of the molecule is CC.CC(C)=CCc1c(O)ccc(C(=O)C(O)CC2=CC(O)C=C(C)C=C2)c1O. The first kappa shape index (κ1) is 24.4. The number of hydrogen-bond donors (Lipinski definition) is 4. The normalized spacial score (nSPS) is 16.6. The Kier molecular flexibility index (Phi) is 9.59. The van der Waals surface area contributed by atoms with Crippen LogP contribution in [0.3, 0.4) is 0 Å². The maximum Gasteiger partial charge on any atom is 0.195 e. The Labute approximate surface area is 173 Å². The molecular weight excluding hydrogens is 368 g/mol. The van der Waals surface area contributed by atoms with Crippen LogP contribution >= 0.6 is 0 Å². The van der Waals surface area contributed by atoms with E-state index >= 15 is 0 Å². The Hall–Kier alpha value is -2.63. The molecule has 0 radical (unpaired) electrons. The lowest BCUT2D eigenvalue weighted by atomic mass is 9.95. The fourth-order valence-electron chi connectivity index (χ4n) is 2.85. The summed E-state index contributed by atoms with van der Waals surface area (Å²) in [6.45, 7) is 9.64. The average Bonchev–Trinajstić information content (AvgIpc) is 2.82. The molecule has 2 rings (SSSR count). The number of aliphatic hydroxyl groups excluding tert-OH is 2. The maximum atomic E-state index is 12.6. The Morgan fingerprint density at radius 1 is 1.14 bits per heavy atom. The van der Waals surface area contributed by atoms with Crippen LogP contribution in [-0.4, -0.2) is 38.4 Å². The minimum absolute atomic E-state index is 0.0110. The van der Waals surface area contributed by atoms with Gasteiger partial charge in [-0.05, 0) is 57.0 Å². The summed E-state index contributed by atoms with van der Waals surface area (Å²) in [5, 5.41) is 40.7. The molecule has 0 saturated heterocycles. The number of aromatic hydroxyl groups is 2. The second-order valence-corrected chi connectivity index (χ2v) is 7.01. The van der Waals surface area contributed by atoms with Gasteiger partial charge in [-0.1, -0.05) is 43.2 Å². The number of phenols is 2. The Morgan fingerprint density at radius 3 is 2.41 bits per heavy atom. The van der Waals surface area contributed by atoms with Crippen molar-refractivity contribution in [3.63, 3.8) is 0 Å². The van der Waals surface area contributed by atoms with Crippen molar-refractivity contribution in [2.24, 2.45) is 0 Å². The molecule has 1 aromatic carbocycles. The highest BCUT2D eigenvalue weighted by atomic mass is 16.3. The largest absolute Gasteiger partial charge is 0.508 e. The van der Waals surface area contributed by atoms with Crippen LogP contribution in [-0.2, 0) is 6.42 Å². The summed E-state index contributed by atoms with van der Waals surface area (Å²) in [5.74, 6) is -1.06. The predicted octanol–water partition coefficient (Wildman–Crippen LogP) is 4.37. The average molecular weight is 401 g/mol. The van der Waals surface area contributed by atoms with E-state index in [9.17, 15) is 25.2 Å². The molecule has 1 aliphatic carbocycles. The summed E-state index contributed by atoms with van der Waals surface area (Å²) in [5.41, 5.74) is 2.73. The summed E-state index contributed by atoms with van der Waals surface area (Å²) in [6.07, 6.45) is 6.74. The molecule has 4 N–H and O–H groups in total. The summed E-state index contributed by atoms with van der Waals surface area (Å²) < 4.78 is 0. The number of carbonyl (C=O) groups is 1. The topological polar surface area (TPSA) is 98.0 Å². The van der Waals surface area contributed by atoms with Crippen LogP contribution in [0.25, 0.3) is 0 Å². The molecular formula is C24H32O5. The van der Waals surface area contributed by atoms with Crippen molar-refractivity contribution in [1.29, 1.82) is 0 Å². The number of carbonyl (C=O) groups excluding carboxylic acids is 1. The van der Waals surface area contributed by atoms with E-state index in [1.807, 2.05) is 40.7 Å². The van der Waals surface area contributed by atoms with Gasteiger partial charge >= 0.3 is 0 Å². The van der Waals surface area contributed by atoms with Gasteiger partial charge in [0.15, 0.2) is 5.78 Å². The van der Waals surface area contributed by atoms with Gasteiger partial charge < -0.3 is 20.4 Å². The second kappa shape index (κ2) is 11.4. The van der Waals surface area contributed by atoms with E-state index < -0.39 is 18.0 Å². The third-order valence-electron chi connectivity index (χ3n) is 4.35. The molecule has 0 fully saturated rings. The smallest absolute Gasteiger partial charge is 0.195 e. The quantitative estimate of drug-likeness (QED) is 0.420. The number of rotatable bonds is 6. The van der Waals surface area contributed by atoms with Gasteiger partial charge in [0.25, 0.3) is 0 Å². The lowest BCUT2D eigenvalue weighted by Crippen LogP contribution is -2.21. The molecule has 0 aromatic heterocycles. The number of hydrogen-bond acceptors (Lipinski definition) is 5. The van der Waals surface area contributed by atoms with Crippen LogP contribution < -0.4 is 0 Å². The number of benzene rings is 1. The fraction of sp³-hybridized carbons (Fsp3) is 0.375. The zero-order valence-corrected chi connectivity index (χ0v) is 17.8. The number of allylic oxidation sites excluding steroid dienone is 5. The number of aliphatic hydroxyl groups is 2. The molecule has 0 spiro atoms. The van der Waals surface area contributed by atoms with Crippen LogP contribution in [0, 0.1) is 0 Å². The molecule has 2 unspecified atom stereocenters. The minimum atomic E-state index is -1.38. The summed E-state index contributed by atoms with van der Waals surface area (Å²) in [4.78, 5) is 12.6. The first-order chi connectivity index (χ1) is 13.7. The first-order valence-corrected chi connectivity index (χ1v) is 9.83. The van der Waals surface area contributed by atoms with Gasteiger partial charge in [0, 0.05) is 12.0 Å². The molecule has 0 saturated carbocycles. The standard InChI is InChI=1S/C22H26O5.C2H6/c1-13(2)4-7-17-19(24)9-8-18(21(17)26)22(27)20(25)12-15-6-5-14(3)10-16(23)11-15;1-2/h4-6,8-11,16,20,23-26H,7,12H2,1-3H3;1-2H3. The number of ketones is 1. The van der Waals surface area contributed by atoms with Gasteiger partial charge in [-0.3, -0.25) is 4.79 Å². The first-order valence-electron chi connectivity index (χ1n) is 9.83. The molecule has 5 heteroatoms. The van der Waals surface area contributed by atoms with Gasteiger partial charge in [0.1, 0.15) is 17.6 Å². The van der Waals surface area contributed by atoms with Gasteiger partial charge in [-0.15, -0.1) is 0 Å². The Bertz CT molecular complexity index is 839. The van der Waals surface area contributed by atoms with Crippen molar-refractivity contribution in [3.05, 3.63) is 70.4 Å². The molecule has 5 nitrogen and oxygen atoms in total. The van der Waals surface area contributed by atoms with Crippen LogP contribution in [0.15, 0.2) is 59.2 Å². The predicted molar refractivity (Wildman–Crippen MR) is 116 cm³/mol. The van der Waals surface area contributed by atoms with E-state index in [-0.39, 0.29) is 35.5 Å². The van der Waals surface area contributed by atoms with Crippen LogP contribution in [0.2, 0.25) is 0 Å². The maximum absolute atomic E-state index is 12.6. The van der Waals surface area contributed by atoms with Crippen molar-refractivity contribution in [2.45, 2.75) is 59.7 Å². The highest BCUT2D eigenvalue weighted by Crippen LogP contribution is 2.33. The Balaban J connectivity index is 0.00000204. The molecule has 0 heterocycles. The summed E-state index contributed by atoms with van der Waals surface area (Å²) in [7, 11) is 0. The van der Waals surface area contributed by atoms with E-state index in [1.165, 1.54) is 12.1 Å². The third kappa shape index (κ3) is 7.04. The van der Waals surface area contributed by atoms with Crippen molar-refractivity contribution < 1.29 is 25.2 Å². The van der Waals surface area contributed by atoms with Crippen LogP contribution in [0.1, 0.15) is 57.0 Å². The molecule has 0 amide bonds. The molecule has 158 valence electrons. The van der Waals surface area contributed by atoms with Crippen LogP contribution in [0.4, 0.5) is 0 Å². The summed E-state index contributed by atoms with van der Waals surface area (Å²) >= 11 is 0. The molecule has 2 atom stereocenters. The van der Waals surface area contributed by atoms with Gasteiger partial charge in [-0.25, -0.2) is 0 Å². The van der Waals surface area contributed by atoms with Gasteiger partial charge in [0.05, 0.1) is 11.7 Å². The van der Waals surface area contributed by atoms with Crippen molar-refractivity contribution in [3.8, 4) is 11.5 Å². The van der Waals surface area contributed by atoms with Crippen molar-refractivity contribution in [2.75, 3.05) is 0 Å². The lowest BCUT2D eigenvalue weighted by molar-refractivity contribution is 0.0745. The van der Waals surface area contributed by atoms with Crippen LogP contribution in [0.5, 0.6) is 11.5 Å². The zero-order chi connectivity index (χ0) is 22.1. The third-order valence-corrected chi connectivity index (χ3v) is 4.35. The van der Waals surface area contributed by atoms with Crippen molar-refractivity contribution in [1.82, 2.24) is 0 Å². The van der Waals surface area contributed by atoms with E-state index in [4.69, 9.17) is 0 Å². The highest BCUT2D eigenvalue weighted by molar-refractivity contribution is 6.02. The number of phenolic OH excluding ortho intramolecular Hbond substituents is 2. The molecule has 1 aromatic rings. The zero-order valence-electron chi connectivity index (χ0n) is 17.8. The second-order valence-electron chi connectivity index (χ2n) is 7.01. The van der Waals surface area contributed by atoms with Crippen molar-refractivity contribution >= 4 is 5.78 Å².